The first-order valence-corrected chi connectivity index (χ1v) is 5.69. The molecule has 1 fully saturated rings. The van der Waals surface area contributed by atoms with Gasteiger partial charge in [0.05, 0.1) is 6.04 Å². The molecule has 0 saturated heterocycles. The van der Waals surface area contributed by atoms with Gasteiger partial charge >= 0.3 is 5.69 Å². The van der Waals surface area contributed by atoms with Crippen molar-refractivity contribution in [2.24, 2.45) is 11.8 Å². The van der Waals surface area contributed by atoms with Crippen LogP contribution >= 0.6 is 0 Å². The minimum Gasteiger partial charge on any atom is -0.396 e. The van der Waals surface area contributed by atoms with Crippen LogP contribution in [0.5, 0.6) is 0 Å². The highest BCUT2D eigenvalue weighted by Gasteiger charge is 2.51. The van der Waals surface area contributed by atoms with Gasteiger partial charge < -0.3 is 10.2 Å². The maximum absolute atomic E-state index is 13.9. The average Bonchev–Trinajstić information content (AvgIpc) is 2.33. The second-order valence-electron chi connectivity index (χ2n) is 4.61. The van der Waals surface area contributed by atoms with Crippen LogP contribution in [-0.4, -0.2) is 39.1 Å². The number of aromatic amines is 1. The molecule has 7 heteroatoms. The summed E-state index contributed by atoms with van der Waals surface area (Å²) in [6.07, 6.45) is -0.121. The molecule has 1 aliphatic rings. The predicted molar refractivity (Wildman–Crippen MR) is 61.1 cm³/mol. The SMILES string of the molecule is Cc1cn(C2C(F)C(CO)C2CO)c(=O)[nH]c1=O. The molecule has 0 aliphatic heterocycles. The molecule has 0 radical (unpaired) electrons. The van der Waals surface area contributed by atoms with Gasteiger partial charge in [-0.05, 0) is 6.92 Å². The number of alkyl halides is 1. The molecule has 18 heavy (non-hydrogen) atoms. The van der Waals surface area contributed by atoms with E-state index in [1.807, 2.05) is 0 Å². The van der Waals surface area contributed by atoms with Crippen molar-refractivity contribution in [3.8, 4) is 0 Å². The summed E-state index contributed by atoms with van der Waals surface area (Å²) in [6.45, 7) is 0.819. The van der Waals surface area contributed by atoms with Gasteiger partial charge in [-0.15, -0.1) is 0 Å². The first-order chi connectivity index (χ1) is 8.51. The fraction of sp³-hybridized carbons (Fsp3) is 0.636. The third-order valence-electron chi connectivity index (χ3n) is 3.61. The summed E-state index contributed by atoms with van der Waals surface area (Å²) in [5.41, 5.74) is -0.913. The van der Waals surface area contributed by atoms with Gasteiger partial charge in [0, 0.05) is 36.8 Å². The number of nitrogens with one attached hydrogen (secondary N) is 1. The van der Waals surface area contributed by atoms with E-state index in [2.05, 4.69) is 4.98 Å². The lowest BCUT2D eigenvalue weighted by atomic mass is 9.68. The smallest absolute Gasteiger partial charge is 0.328 e. The number of halogens is 1. The summed E-state index contributed by atoms with van der Waals surface area (Å²) in [6, 6.07) is -0.838. The molecule has 1 aliphatic carbocycles. The van der Waals surface area contributed by atoms with E-state index >= 15 is 0 Å². The van der Waals surface area contributed by atoms with Crippen LogP contribution in [0.2, 0.25) is 0 Å². The van der Waals surface area contributed by atoms with Crippen LogP contribution in [0.4, 0.5) is 4.39 Å². The largest absolute Gasteiger partial charge is 0.396 e. The van der Waals surface area contributed by atoms with Crippen molar-refractivity contribution in [1.29, 1.82) is 0 Å². The minimum absolute atomic E-state index is 0.297. The second-order valence-corrected chi connectivity index (χ2v) is 4.61. The fourth-order valence-corrected chi connectivity index (χ4v) is 2.48. The third-order valence-corrected chi connectivity index (χ3v) is 3.61. The molecule has 1 aromatic heterocycles. The van der Waals surface area contributed by atoms with Crippen LogP contribution in [0, 0.1) is 18.8 Å². The Balaban J connectivity index is 2.41. The highest BCUT2D eigenvalue weighted by molar-refractivity contribution is 5.07. The number of aliphatic hydroxyl groups excluding tert-OH is 2. The quantitative estimate of drug-likeness (QED) is 0.645. The molecule has 1 heterocycles. The van der Waals surface area contributed by atoms with E-state index in [0.29, 0.717) is 5.56 Å². The number of H-pyrrole nitrogens is 1. The number of aromatic nitrogens is 2. The topological polar surface area (TPSA) is 95.3 Å². The Labute approximate surface area is 102 Å². The Hall–Kier alpha value is -1.47. The summed E-state index contributed by atoms with van der Waals surface area (Å²) in [4.78, 5) is 24.9. The van der Waals surface area contributed by atoms with Crippen LogP contribution < -0.4 is 11.2 Å². The zero-order valence-electron chi connectivity index (χ0n) is 9.84. The lowest BCUT2D eigenvalue weighted by molar-refractivity contribution is -0.0875. The van der Waals surface area contributed by atoms with Gasteiger partial charge in [0.1, 0.15) is 6.17 Å². The van der Waals surface area contributed by atoms with E-state index in [1.54, 1.807) is 0 Å². The van der Waals surface area contributed by atoms with E-state index in [-0.39, 0.29) is 13.2 Å². The number of aliphatic hydroxyl groups is 2. The Bertz CT molecular complexity index is 553. The Morgan fingerprint density at radius 1 is 1.33 bits per heavy atom. The molecular formula is C11H15FN2O4. The monoisotopic (exact) mass is 258 g/mol. The average molecular weight is 258 g/mol. The number of nitrogens with zero attached hydrogens (tertiary/aromatic N) is 1. The number of rotatable bonds is 3. The highest BCUT2D eigenvalue weighted by Crippen LogP contribution is 2.45. The van der Waals surface area contributed by atoms with Crippen molar-refractivity contribution in [3.05, 3.63) is 32.6 Å². The molecule has 4 atom stereocenters. The molecule has 0 aromatic carbocycles. The van der Waals surface area contributed by atoms with Crippen molar-refractivity contribution >= 4 is 0 Å². The van der Waals surface area contributed by atoms with Crippen LogP contribution in [-0.2, 0) is 0 Å². The lowest BCUT2D eigenvalue weighted by Crippen LogP contribution is -2.55. The first-order valence-electron chi connectivity index (χ1n) is 5.69. The predicted octanol–water partition coefficient (Wildman–Crippen LogP) is -1.05. The maximum Gasteiger partial charge on any atom is 0.328 e. The van der Waals surface area contributed by atoms with Crippen molar-refractivity contribution in [3.63, 3.8) is 0 Å². The van der Waals surface area contributed by atoms with Crippen molar-refractivity contribution in [2.45, 2.75) is 19.1 Å². The molecule has 1 aromatic rings. The highest BCUT2D eigenvalue weighted by atomic mass is 19.1. The minimum atomic E-state index is -1.41. The molecule has 1 saturated carbocycles. The molecule has 6 nitrogen and oxygen atoms in total. The number of hydrogen-bond acceptors (Lipinski definition) is 4. The molecule has 0 spiro atoms. The van der Waals surface area contributed by atoms with Gasteiger partial charge in [0.15, 0.2) is 0 Å². The number of hydrogen-bond donors (Lipinski definition) is 3. The van der Waals surface area contributed by atoms with Crippen molar-refractivity contribution < 1.29 is 14.6 Å². The van der Waals surface area contributed by atoms with E-state index in [1.165, 1.54) is 13.1 Å². The van der Waals surface area contributed by atoms with Crippen LogP contribution in [0.1, 0.15) is 11.6 Å². The van der Waals surface area contributed by atoms with E-state index in [9.17, 15) is 19.1 Å². The van der Waals surface area contributed by atoms with Gasteiger partial charge in [-0.2, -0.15) is 0 Å². The standard InChI is InChI=1S/C11H15FN2O4/c1-5-2-14(11(18)13-10(5)17)9-7(4-16)6(3-15)8(9)12/h2,6-9,15-16H,3-4H2,1H3,(H,13,17,18). The molecule has 2 rings (SSSR count). The zero-order valence-corrected chi connectivity index (χ0v) is 9.84. The third kappa shape index (κ3) is 1.79. The van der Waals surface area contributed by atoms with Gasteiger partial charge in [-0.1, -0.05) is 0 Å². The molecule has 0 bridgehead atoms. The Morgan fingerprint density at radius 2 is 1.94 bits per heavy atom. The normalized spacial score (nSPS) is 31.1. The van der Waals surface area contributed by atoms with Gasteiger partial charge in [-0.3, -0.25) is 14.3 Å². The van der Waals surface area contributed by atoms with E-state index < -0.39 is 35.3 Å². The van der Waals surface area contributed by atoms with Crippen LogP contribution in [0.15, 0.2) is 15.8 Å². The zero-order chi connectivity index (χ0) is 13.4. The summed E-state index contributed by atoms with van der Waals surface area (Å²) in [7, 11) is 0. The molecule has 4 unspecified atom stereocenters. The molecule has 3 N–H and O–H groups in total. The summed E-state index contributed by atoms with van der Waals surface area (Å²) >= 11 is 0. The van der Waals surface area contributed by atoms with Gasteiger partial charge in [-0.25, -0.2) is 9.18 Å². The van der Waals surface area contributed by atoms with Crippen molar-refractivity contribution in [2.75, 3.05) is 13.2 Å². The molecule has 100 valence electrons. The maximum atomic E-state index is 13.9. The second kappa shape index (κ2) is 4.66. The molecule has 0 amide bonds. The fourth-order valence-electron chi connectivity index (χ4n) is 2.48. The lowest BCUT2D eigenvalue weighted by Gasteiger charge is -2.46. The Morgan fingerprint density at radius 3 is 2.50 bits per heavy atom. The van der Waals surface area contributed by atoms with Crippen LogP contribution in [0.3, 0.4) is 0 Å². The van der Waals surface area contributed by atoms with Crippen molar-refractivity contribution in [1.82, 2.24) is 9.55 Å². The molecular weight excluding hydrogens is 243 g/mol. The summed E-state index contributed by atoms with van der Waals surface area (Å²) < 4.78 is 15.0. The summed E-state index contributed by atoms with van der Waals surface area (Å²) in [5, 5.41) is 18.2. The Kier molecular flexibility index (Phi) is 3.36. The van der Waals surface area contributed by atoms with Gasteiger partial charge in [0.2, 0.25) is 0 Å². The van der Waals surface area contributed by atoms with E-state index in [4.69, 9.17) is 5.11 Å². The summed E-state index contributed by atoms with van der Waals surface area (Å²) in [5.74, 6) is -1.19. The number of aryl methyl sites for hydroxylation is 1. The first kappa shape index (κ1) is 13.0. The van der Waals surface area contributed by atoms with Gasteiger partial charge in [0.25, 0.3) is 5.56 Å². The van der Waals surface area contributed by atoms with Crippen LogP contribution in [0.25, 0.3) is 0 Å². The van der Waals surface area contributed by atoms with E-state index in [0.717, 1.165) is 4.57 Å².